The van der Waals surface area contributed by atoms with Crippen molar-refractivity contribution in [1.29, 1.82) is 0 Å². The van der Waals surface area contributed by atoms with Gasteiger partial charge in [-0.25, -0.2) is 4.79 Å². The van der Waals surface area contributed by atoms with Crippen molar-refractivity contribution in [2.75, 3.05) is 6.61 Å². The first-order chi connectivity index (χ1) is 11.2. The van der Waals surface area contributed by atoms with Crippen molar-refractivity contribution in [1.82, 2.24) is 0 Å². The molecule has 2 rings (SSSR count). The number of ether oxygens (including phenoxy) is 2. The monoisotopic (exact) mass is 342 g/mol. The first-order valence-corrected chi connectivity index (χ1v) is 9.96. The van der Waals surface area contributed by atoms with E-state index in [-0.39, 0.29) is 0 Å². The minimum atomic E-state index is -1.74. The topological polar surface area (TPSA) is 71.1 Å². The lowest BCUT2D eigenvalue weighted by molar-refractivity contribution is -0.160. The fourth-order valence-electron chi connectivity index (χ4n) is 2.68. The smallest absolute Gasteiger partial charge is 0.335 e. The molecular formula is C17H27O5P. The highest BCUT2D eigenvalue weighted by Gasteiger charge is 2.45. The van der Waals surface area contributed by atoms with E-state index in [1.165, 1.54) is 57.4 Å². The fourth-order valence-corrected chi connectivity index (χ4v) is 3.38. The van der Waals surface area contributed by atoms with E-state index in [9.17, 15) is 9.69 Å². The maximum absolute atomic E-state index is 11.3. The van der Waals surface area contributed by atoms with Gasteiger partial charge in [-0.2, -0.15) is 0 Å². The van der Waals surface area contributed by atoms with Gasteiger partial charge in [0.05, 0.1) is 6.61 Å². The molecule has 130 valence electrons. The normalized spacial score (nSPS) is 21.6. The van der Waals surface area contributed by atoms with Gasteiger partial charge in [0.25, 0.3) is 8.00 Å². The van der Waals surface area contributed by atoms with E-state index in [0.717, 1.165) is 12.8 Å². The molecule has 2 aliphatic rings. The van der Waals surface area contributed by atoms with Crippen LogP contribution in [0, 0.1) is 0 Å². The van der Waals surface area contributed by atoms with Crippen LogP contribution in [-0.2, 0) is 18.8 Å². The van der Waals surface area contributed by atoms with E-state index in [1.54, 1.807) is 0 Å². The average Bonchev–Trinajstić information content (AvgIpc) is 3.14. The summed E-state index contributed by atoms with van der Waals surface area (Å²) < 4.78 is 15.4. The Morgan fingerprint density at radius 2 is 1.65 bits per heavy atom. The van der Waals surface area contributed by atoms with Gasteiger partial charge in [-0.15, -0.1) is 0 Å². The van der Waals surface area contributed by atoms with Crippen LogP contribution in [0.2, 0.25) is 0 Å². The molecule has 6 heteroatoms. The van der Waals surface area contributed by atoms with Crippen molar-refractivity contribution in [2.45, 2.75) is 77.4 Å². The lowest BCUT2D eigenvalue weighted by Gasteiger charge is -2.11. The molecular weight excluding hydrogens is 315 g/mol. The first kappa shape index (κ1) is 18.6. The molecule has 2 unspecified atom stereocenters. The zero-order valence-corrected chi connectivity index (χ0v) is 14.8. The van der Waals surface area contributed by atoms with Gasteiger partial charge in [-0.05, 0) is 6.42 Å². The number of carbonyl (C=O) groups excluding carboxylic acids is 1. The molecule has 0 aromatic carbocycles. The molecule has 0 aromatic heterocycles. The Morgan fingerprint density at radius 1 is 1.09 bits per heavy atom. The molecule has 0 aliphatic carbocycles. The van der Waals surface area contributed by atoms with Crippen LogP contribution in [0.4, 0.5) is 0 Å². The lowest BCUT2D eigenvalue weighted by atomic mass is 10.1. The maximum atomic E-state index is 11.3. The van der Waals surface area contributed by atoms with Gasteiger partial charge in [0.15, 0.2) is 0 Å². The van der Waals surface area contributed by atoms with Gasteiger partial charge in [0.1, 0.15) is 5.57 Å². The second kappa shape index (κ2) is 10.2. The summed E-state index contributed by atoms with van der Waals surface area (Å²) in [6.07, 6.45) is 13.2. The molecule has 0 aromatic rings. The zero-order valence-electron chi connectivity index (χ0n) is 13.9. The van der Waals surface area contributed by atoms with Crippen LogP contribution >= 0.6 is 8.00 Å². The number of esters is 1. The van der Waals surface area contributed by atoms with E-state index < -0.39 is 20.3 Å². The average molecular weight is 342 g/mol. The Bertz CT molecular complexity index is 458. The van der Waals surface area contributed by atoms with Gasteiger partial charge in [0.2, 0.25) is 6.29 Å². The third-order valence-electron chi connectivity index (χ3n) is 4.07. The number of hydrogen-bond acceptors (Lipinski definition) is 5. The maximum Gasteiger partial charge on any atom is 0.335 e. The van der Waals surface area contributed by atoms with Crippen LogP contribution in [-0.4, -0.2) is 24.3 Å². The molecule has 0 saturated carbocycles. The first-order valence-electron chi connectivity index (χ1n) is 8.78. The SMILES string of the molecule is CCCCCCCCCCCCOC1OC(=O)C=C1C1=[P+]([O-])O1. The highest BCUT2D eigenvalue weighted by molar-refractivity contribution is 7.56. The Balaban J connectivity index is 1.45. The second-order valence-corrected chi connectivity index (χ2v) is 7.18. The summed E-state index contributed by atoms with van der Waals surface area (Å²) in [5.74, 6) is -0.459. The minimum absolute atomic E-state index is 0.346. The number of carbonyl (C=O) groups is 1. The van der Waals surface area contributed by atoms with Crippen LogP contribution < -0.4 is 4.89 Å². The summed E-state index contributed by atoms with van der Waals surface area (Å²) in [6.45, 7) is 2.78. The van der Waals surface area contributed by atoms with Gasteiger partial charge >= 0.3 is 11.4 Å². The summed E-state index contributed by atoms with van der Waals surface area (Å²) >= 11 is 0. The third kappa shape index (κ3) is 6.72. The van der Waals surface area contributed by atoms with Crippen molar-refractivity contribution in [2.24, 2.45) is 0 Å². The number of hydrogen-bond donors (Lipinski definition) is 0. The largest absolute Gasteiger partial charge is 0.600 e. The van der Waals surface area contributed by atoms with E-state index in [2.05, 4.69) is 6.92 Å². The standard InChI is InChI=1S/C17H27O5P/c1-2-3-4-5-6-7-8-9-10-11-12-20-16-14(13-15(18)21-16)17-22-23(17)19/h13,16H,2-12H2,1H3. The predicted molar refractivity (Wildman–Crippen MR) is 88.8 cm³/mol. The minimum Gasteiger partial charge on any atom is -0.600 e. The van der Waals surface area contributed by atoms with E-state index >= 15 is 0 Å². The third-order valence-corrected chi connectivity index (χ3v) is 4.93. The van der Waals surface area contributed by atoms with E-state index in [1.807, 2.05) is 0 Å². The van der Waals surface area contributed by atoms with E-state index in [0.29, 0.717) is 17.7 Å². The zero-order chi connectivity index (χ0) is 16.5. The Labute approximate surface area is 139 Å². The summed E-state index contributed by atoms with van der Waals surface area (Å²) in [5, 5.41) is 0. The molecule has 0 bridgehead atoms. The molecule has 5 nitrogen and oxygen atoms in total. The van der Waals surface area contributed by atoms with Crippen LogP contribution in [0.5, 0.6) is 0 Å². The van der Waals surface area contributed by atoms with Crippen molar-refractivity contribution in [3.63, 3.8) is 0 Å². The molecule has 2 aliphatic heterocycles. The molecule has 0 fully saturated rings. The van der Waals surface area contributed by atoms with Crippen molar-refractivity contribution >= 4 is 19.4 Å². The molecule has 0 N–H and O–H groups in total. The highest BCUT2D eigenvalue weighted by atomic mass is 31.1. The van der Waals surface area contributed by atoms with Crippen molar-refractivity contribution in [3.8, 4) is 0 Å². The van der Waals surface area contributed by atoms with Gasteiger partial charge in [0, 0.05) is 6.08 Å². The van der Waals surface area contributed by atoms with Crippen LogP contribution in [0.25, 0.3) is 0 Å². The number of unbranched alkanes of at least 4 members (excludes halogenated alkanes) is 9. The molecule has 0 amide bonds. The molecule has 0 spiro atoms. The number of rotatable bonds is 13. The van der Waals surface area contributed by atoms with Crippen molar-refractivity contribution < 1.29 is 23.7 Å². The molecule has 2 atom stereocenters. The molecule has 0 saturated heterocycles. The van der Waals surface area contributed by atoms with Gasteiger partial charge in [-0.3, -0.25) is 0 Å². The lowest BCUT2D eigenvalue weighted by Crippen LogP contribution is -2.19. The van der Waals surface area contributed by atoms with Gasteiger partial charge in [-0.1, -0.05) is 69.2 Å². The summed E-state index contributed by atoms with van der Waals surface area (Å²) in [7, 11) is -1.74. The van der Waals surface area contributed by atoms with Crippen LogP contribution in [0.15, 0.2) is 11.6 Å². The second-order valence-electron chi connectivity index (χ2n) is 6.07. The van der Waals surface area contributed by atoms with Gasteiger partial charge < -0.3 is 14.4 Å². The Kier molecular flexibility index (Phi) is 8.24. The Hall–Kier alpha value is -0.740. The van der Waals surface area contributed by atoms with Crippen molar-refractivity contribution in [3.05, 3.63) is 11.6 Å². The summed E-state index contributed by atoms with van der Waals surface area (Å²) in [5.41, 5.74) is 0.835. The molecule has 0 radical (unpaired) electrons. The highest BCUT2D eigenvalue weighted by Crippen LogP contribution is 2.40. The van der Waals surface area contributed by atoms with E-state index in [4.69, 9.17) is 14.0 Å². The predicted octanol–water partition coefficient (Wildman–Crippen LogP) is 3.57. The summed E-state index contributed by atoms with van der Waals surface area (Å²) in [6, 6.07) is 0. The Morgan fingerprint density at radius 3 is 2.22 bits per heavy atom. The quantitative estimate of drug-likeness (QED) is 0.291. The molecule has 23 heavy (non-hydrogen) atoms. The molecule has 2 heterocycles. The van der Waals surface area contributed by atoms with Crippen LogP contribution in [0.1, 0.15) is 71.1 Å². The fraction of sp³-hybridized carbons (Fsp3) is 0.765. The number of cyclic esters (lactones) is 1. The summed E-state index contributed by atoms with van der Waals surface area (Å²) in [4.78, 5) is 22.4. The van der Waals surface area contributed by atoms with Crippen LogP contribution in [0.3, 0.4) is 0 Å².